The molecule has 1 aromatic heterocycles. The molecule has 1 heterocycles. The summed E-state index contributed by atoms with van der Waals surface area (Å²) in [5, 5.41) is 14.5. The summed E-state index contributed by atoms with van der Waals surface area (Å²) in [6.45, 7) is 1.59. The summed E-state index contributed by atoms with van der Waals surface area (Å²) >= 11 is 1.64. The maximum Gasteiger partial charge on any atom is 0.134 e. The number of aliphatic hydroxyl groups excluding tert-OH is 1. The molecule has 1 rings (SSSR count). The van der Waals surface area contributed by atoms with E-state index in [1.54, 1.807) is 25.6 Å². The van der Waals surface area contributed by atoms with Gasteiger partial charge in [0.1, 0.15) is 5.75 Å². The number of hydrogen-bond acceptors (Lipinski definition) is 5. The fourth-order valence-electron chi connectivity index (χ4n) is 1.24. The fraction of sp³-hybridized carbons (Fsp3) is 0.600. The van der Waals surface area contributed by atoms with Gasteiger partial charge in [-0.1, -0.05) is 0 Å². The van der Waals surface area contributed by atoms with E-state index in [1.165, 1.54) is 0 Å². The highest BCUT2D eigenvalue weighted by Gasteiger charge is 2.06. The summed E-state index contributed by atoms with van der Waals surface area (Å²) in [5.74, 6) is 0.897. The van der Waals surface area contributed by atoms with Gasteiger partial charge >= 0.3 is 0 Å². The first-order valence-electron chi connectivity index (χ1n) is 4.76. The molecular weight excluding hydrogens is 214 g/mol. The number of rotatable bonds is 7. The van der Waals surface area contributed by atoms with Crippen LogP contribution in [0.2, 0.25) is 0 Å². The molecule has 5 heteroatoms. The zero-order valence-corrected chi connectivity index (χ0v) is 9.84. The third-order valence-corrected chi connectivity index (χ3v) is 2.85. The number of thiophene rings is 1. The van der Waals surface area contributed by atoms with Gasteiger partial charge in [-0.3, -0.25) is 0 Å². The van der Waals surface area contributed by atoms with Gasteiger partial charge in [0, 0.05) is 20.2 Å². The van der Waals surface area contributed by atoms with E-state index in [1.807, 2.05) is 11.4 Å². The lowest BCUT2D eigenvalue weighted by molar-refractivity contribution is 0.0644. The molecule has 0 radical (unpaired) electrons. The molecule has 0 bridgehead atoms. The Kier molecular flexibility index (Phi) is 5.63. The minimum Gasteiger partial charge on any atom is -0.496 e. The summed E-state index contributed by atoms with van der Waals surface area (Å²) in [6, 6.07) is 1.94. The van der Waals surface area contributed by atoms with Crippen molar-refractivity contribution < 1.29 is 14.6 Å². The van der Waals surface area contributed by atoms with Crippen LogP contribution >= 0.6 is 11.3 Å². The van der Waals surface area contributed by atoms with Crippen molar-refractivity contribution in [2.45, 2.75) is 12.6 Å². The maximum absolute atomic E-state index is 9.39. The van der Waals surface area contributed by atoms with Crippen molar-refractivity contribution in [3.63, 3.8) is 0 Å². The molecule has 0 saturated heterocycles. The second kappa shape index (κ2) is 6.79. The van der Waals surface area contributed by atoms with Crippen LogP contribution in [-0.2, 0) is 11.3 Å². The molecule has 1 atom stereocenters. The third kappa shape index (κ3) is 4.17. The van der Waals surface area contributed by atoms with Gasteiger partial charge < -0.3 is 19.9 Å². The van der Waals surface area contributed by atoms with E-state index in [9.17, 15) is 5.11 Å². The van der Waals surface area contributed by atoms with Crippen LogP contribution in [0, 0.1) is 0 Å². The lowest BCUT2D eigenvalue weighted by atomic mass is 10.3. The van der Waals surface area contributed by atoms with Crippen molar-refractivity contribution in [1.29, 1.82) is 0 Å². The molecule has 0 aliphatic carbocycles. The van der Waals surface area contributed by atoms with Crippen LogP contribution in [0.15, 0.2) is 11.4 Å². The highest BCUT2D eigenvalue weighted by atomic mass is 32.1. The van der Waals surface area contributed by atoms with Crippen molar-refractivity contribution in [1.82, 2.24) is 5.32 Å². The van der Waals surface area contributed by atoms with Crippen molar-refractivity contribution in [2.75, 3.05) is 27.4 Å². The standard InChI is InChI=1S/C10H17NO3S/c1-13-7-8(12)5-11-6-10-9(14-2)3-4-15-10/h3-4,8,11-12H,5-7H2,1-2H3. The number of methoxy groups -OCH3 is 2. The second-order valence-corrected chi connectivity index (χ2v) is 4.15. The Morgan fingerprint density at radius 2 is 2.33 bits per heavy atom. The molecule has 2 N–H and O–H groups in total. The smallest absolute Gasteiger partial charge is 0.134 e. The Labute approximate surface area is 93.8 Å². The molecule has 0 fully saturated rings. The lowest BCUT2D eigenvalue weighted by Crippen LogP contribution is -2.29. The van der Waals surface area contributed by atoms with Gasteiger partial charge in [0.2, 0.25) is 0 Å². The van der Waals surface area contributed by atoms with E-state index < -0.39 is 6.10 Å². The van der Waals surface area contributed by atoms with Crippen molar-refractivity contribution in [2.24, 2.45) is 0 Å². The highest BCUT2D eigenvalue weighted by molar-refractivity contribution is 7.10. The first kappa shape index (κ1) is 12.4. The fourth-order valence-corrected chi connectivity index (χ4v) is 2.05. The molecule has 1 aromatic rings. The van der Waals surface area contributed by atoms with E-state index in [2.05, 4.69) is 5.32 Å². The SMILES string of the molecule is COCC(O)CNCc1sccc1OC. The van der Waals surface area contributed by atoms with E-state index in [-0.39, 0.29) is 0 Å². The Morgan fingerprint density at radius 1 is 1.53 bits per heavy atom. The average Bonchev–Trinajstić information content (AvgIpc) is 2.66. The van der Waals surface area contributed by atoms with Crippen LogP contribution in [0.25, 0.3) is 0 Å². The zero-order chi connectivity index (χ0) is 11.1. The van der Waals surface area contributed by atoms with Crippen LogP contribution in [0.3, 0.4) is 0 Å². The van der Waals surface area contributed by atoms with Gasteiger partial charge in [0.05, 0.1) is 24.7 Å². The number of nitrogens with one attached hydrogen (secondary N) is 1. The summed E-state index contributed by atoms with van der Waals surface area (Å²) in [7, 11) is 3.23. The van der Waals surface area contributed by atoms with Crippen LogP contribution in [0.1, 0.15) is 4.88 Å². The molecule has 0 aliphatic heterocycles. The molecule has 15 heavy (non-hydrogen) atoms. The summed E-state index contributed by atoms with van der Waals surface area (Å²) in [4.78, 5) is 1.14. The molecule has 0 amide bonds. The van der Waals surface area contributed by atoms with E-state index in [0.717, 1.165) is 10.6 Å². The minimum absolute atomic E-state index is 0.356. The largest absolute Gasteiger partial charge is 0.496 e. The predicted molar refractivity (Wildman–Crippen MR) is 60.5 cm³/mol. The number of hydrogen-bond donors (Lipinski definition) is 2. The summed E-state index contributed by atoms with van der Waals surface area (Å²) in [6.07, 6.45) is -0.457. The normalized spacial score (nSPS) is 12.7. The van der Waals surface area contributed by atoms with Gasteiger partial charge in [-0.2, -0.15) is 0 Å². The molecule has 0 spiro atoms. The molecule has 1 unspecified atom stereocenters. The van der Waals surface area contributed by atoms with Crippen LogP contribution in [0.5, 0.6) is 5.75 Å². The molecule has 0 aromatic carbocycles. The third-order valence-electron chi connectivity index (χ3n) is 1.95. The summed E-state index contributed by atoms with van der Waals surface area (Å²) < 4.78 is 10.00. The maximum atomic E-state index is 9.39. The molecule has 4 nitrogen and oxygen atoms in total. The topological polar surface area (TPSA) is 50.7 Å². The van der Waals surface area contributed by atoms with Gasteiger partial charge in [-0.05, 0) is 11.4 Å². The second-order valence-electron chi connectivity index (χ2n) is 3.15. The quantitative estimate of drug-likeness (QED) is 0.730. The first-order valence-corrected chi connectivity index (χ1v) is 5.64. The Bertz CT molecular complexity index is 277. The average molecular weight is 231 g/mol. The lowest BCUT2D eigenvalue weighted by Gasteiger charge is -2.10. The number of aliphatic hydroxyl groups is 1. The Balaban J connectivity index is 2.25. The van der Waals surface area contributed by atoms with Gasteiger partial charge in [-0.15, -0.1) is 11.3 Å². The Morgan fingerprint density at radius 3 is 3.00 bits per heavy atom. The molecule has 86 valence electrons. The highest BCUT2D eigenvalue weighted by Crippen LogP contribution is 2.23. The van der Waals surface area contributed by atoms with Crippen LogP contribution in [-0.4, -0.2) is 38.6 Å². The number of ether oxygens (including phenoxy) is 2. The Hall–Kier alpha value is -0.620. The first-order chi connectivity index (χ1) is 7.27. The van der Waals surface area contributed by atoms with E-state index in [0.29, 0.717) is 19.7 Å². The van der Waals surface area contributed by atoms with E-state index in [4.69, 9.17) is 9.47 Å². The van der Waals surface area contributed by atoms with Crippen molar-refractivity contribution in [3.05, 3.63) is 16.3 Å². The minimum atomic E-state index is -0.457. The van der Waals surface area contributed by atoms with E-state index >= 15 is 0 Å². The van der Waals surface area contributed by atoms with Crippen LogP contribution in [0.4, 0.5) is 0 Å². The van der Waals surface area contributed by atoms with Crippen molar-refractivity contribution in [3.8, 4) is 5.75 Å². The van der Waals surface area contributed by atoms with Gasteiger partial charge in [0.15, 0.2) is 0 Å². The zero-order valence-electron chi connectivity index (χ0n) is 9.03. The van der Waals surface area contributed by atoms with Gasteiger partial charge in [0.25, 0.3) is 0 Å². The van der Waals surface area contributed by atoms with Crippen molar-refractivity contribution >= 4 is 11.3 Å². The molecular formula is C10H17NO3S. The molecule has 0 saturated carbocycles. The van der Waals surface area contributed by atoms with Crippen LogP contribution < -0.4 is 10.1 Å². The molecule has 0 aliphatic rings. The van der Waals surface area contributed by atoms with Gasteiger partial charge in [-0.25, -0.2) is 0 Å². The predicted octanol–water partition coefficient (Wildman–Crippen LogP) is 0.854. The summed E-state index contributed by atoms with van der Waals surface area (Å²) in [5.41, 5.74) is 0. The monoisotopic (exact) mass is 231 g/mol.